The van der Waals surface area contributed by atoms with Crippen molar-refractivity contribution in [3.05, 3.63) is 29.3 Å². The lowest BCUT2D eigenvalue weighted by atomic mass is 9.85. The van der Waals surface area contributed by atoms with Crippen LogP contribution in [-0.2, 0) is 10.2 Å². The zero-order valence-electron chi connectivity index (χ0n) is 13.3. The lowest BCUT2D eigenvalue weighted by Crippen LogP contribution is -2.27. The number of carbonyl (C=O) groups is 1. The fourth-order valence-electron chi connectivity index (χ4n) is 1.72. The third kappa shape index (κ3) is 4.38. The first-order chi connectivity index (χ1) is 8.51. The van der Waals surface area contributed by atoms with Crippen LogP contribution in [0.3, 0.4) is 0 Å². The molecule has 0 saturated carbocycles. The number of benzene rings is 1. The van der Waals surface area contributed by atoms with Gasteiger partial charge in [0.15, 0.2) is 5.78 Å². The summed E-state index contributed by atoms with van der Waals surface area (Å²) in [4.78, 5) is 11.9. The maximum atomic E-state index is 11.9. The molecule has 0 aliphatic heterocycles. The summed E-state index contributed by atoms with van der Waals surface area (Å²) in [6, 6.07) is 6.12. The molecular weight excluding hydrogens is 236 g/mol. The highest BCUT2D eigenvalue weighted by Crippen LogP contribution is 2.32. The summed E-state index contributed by atoms with van der Waals surface area (Å²) < 4.78 is 5.76. The Morgan fingerprint density at radius 2 is 1.68 bits per heavy atom. The largest absolute Gasteiger partial charge is 0.486 e. The van der Waals surface area contributed by atoms with E-state index in [0.29, 0.717) is 0 Å². The predicted molar refractivity (Wildman–Crippen MR) is 79.8 cm³/mol. The van der Waals surface area contributed by atoms with Crippen molar-refractivity contribution in [2.24, 2.45) is 5.41 Å². The summed E-state index contributed by atoms with van der Waals surface area (Å²) in [5, 5.41) is 0. The number of hydrogen-bond donors (Lipinski definition) is 0. The van der Waals surface area contributed by atoms with Crippen molar-refractivity contribution in [2.75, 3.05) is 6.61 Å². The van der Waals surface area contributed by atoms with Crippen molar-refractivity contribution in [1.29, 1.82) is 0 Å². The molecule has 0 heterocycles. The molecule has 1 aromatic rings. The molecule has 19 heavy (non-hydrogen) atoms. The number of hydrogen-bond acceptors (Lipinski definition) is 2. The normalized spacial score (nSPS) is 12.4. The Balaban J connectivity index is 2.94. The average molecular weight is 262 g/mol. The molecule has 0 radical (unpaired) electrons. The number of ether oxygens (including phenoxy) is 1. The second kappa shape index (κ2) is 5.36. The maximum Gasteiger partial charge on any atom is 0.175 e. The summed E-state index contributed by atoms with van der Waals surface area (Å²) >= 11 is 0. The number of Topliss-reactive ketones (excluding diaryl/α,β-unsaturated/α-hetero) is 1. The first kappa shape index (κ1) is 15.7. The lowest BCUT2D eigenvalue weighted by molar-refractivity contribution is -0.128. The van der Waals surface area contributed by atoms with E-state index in [1.54, 1.807) is 0 Å². The minimum absolute atomic E-state index is 0.00608. The Hall–Kier alpha value is -1.31. The summed E-state index contributed by atoms with van der Waals surface area (Å²) in [6.45, 7) is 14.4. The molecule has 0 aliphatic carbocycles. The average Bonchev–Trinajstić information content (AvgIpc) is 2.24. The SMILES string of the molecule is Cc1ccc(OCC(=O)C(C)(C)C)c(C(C)(C)C)c1. The zero-order chi connectivity index (χ0) is 14.8. The quantitative estimate of drug-likeness (QED) is 0.812. The molecule has 106 valence electrons. The molecule has 1 aromatic carbocycles. The summed E-state index contributed by atoms with van der Waals surface area (Å²) in [5.74, 6) is 0.934. The highest BCUT2D eigenvalue weighted by Gasteiger charge is 2.23. The topological polar surface area (TPSA) is 26.3 Å². The number of aryl methyl sites for hydroxylation is 1. The molecular formula is C17H26O2. The molecule has 0 aliphatic rings. The van der Waals surface area contributed by atoms with Crippen LogP contribution in [0.25, 0.3) is 0 Å². The molecule has 0 fully saturated rings. The molecule has 0 spiro atoms. The van der Waals surface area contributed by atoms with Crippen LogP contribution in [0.1, 0.15) is 52.7 Å². The minimum Gasteiger partial charge on any atom is -0.486 e. The van der Waals surface area contributed by atoms with E-state index in [4.69, 9.17) is 4.74 Å². The van der Waals surface area contributed by atoms with Gasteiger partial charge >= 0.3 is 0 Å². The monoisotopic (exact) mass is 262 g/mol. The van der Waals surface area contributed by atoms with Crippen molar-refractivity contribution >= 4 is 5.78 Å². The lowest BCUT2D eigenvalue weighted by Gasteiger charge is -2.24. The van der Waals surface area contributed by atoms with Gasteiger partial charge < -0.3 is 4.74 Å². The van der Waals surface area contributed by atoms with E-state index in [1.165, 1.54) is 5.56 Å². The van der Waals surface area contributed by atoms with Crippen LogP contribution in [0, 0.1) is 12.3 Å². The standard InChI is InChI=1S/C17H26O2/c1-12-8-9-14(13(10-12)16(2,3)4)19-11-15(18)17(5,6)7/h8-10H,11H2,1-7H3. The van der Waals surface area contributed by atoms with Crippen molar-refractivity contribution in [3.63, 3.8) is 0 Å². The first-order valence-corrected chi connectivity index (χ1v) is 6.79. The summed E-state index contributed by atoms with van der Waals surface area (Å²) in [6.07, 6.45) is 0. The molecule has 0 saturated heterocycles. The second-order valence-corrected chi connectivity index (χ2v) is 7.21. The highest BCUT2D eigenvalue weighted by molar-refractivity contribution is 5.85. The molecule has 0 bridgehead atoms. The molecule has 2 heteroatoms. The third-order valence-corrected chi connectivity index (χ3v) is 3.14. The van der Waals surface area contributed by atoms with Gasteiger partial charge in [0.1, 0.15) is 12.4 Å². The molecule has 1 rings (SSSR count). The first-order valence-electron chi connectivity index (χ1n) is 6.79. The molecule has 0 N–H and O–H groups in total. The van der Waals surface area contributed by atoms with Crippen LogP contribution in [0.5, 0.6) is 5.75 Å². The van der Waals surface area contributed by atoms with Gasteiger partial charge in [-0.2, -0.15) is 0 Å². The second-order valence-electron chi connectivity index (χ2n) is 7.21. The predicted octanol–water partition coefficient (Wildman–Crippen LogP) is 4.29. The fourth-order valence-corrected chi connectivity index (χ4v) is 1.72. The van der Waals surface area contributed by atoms with Crippen molar-refractivity contribution in [3.8, 4) is 5.75 Å². The molecule has 2 nitrogen and oxygen atoms in total. The minimum atomic E-state index is -0.355. The number of rotatable bonds is 3. The number of ketones is 1. The highest BCUT2D eigenvalue weighted by atomic mass is 16.5. The Kier molecular flexibility index (Phi) is 4.44. The molecule has 0 amide bonds. The van der Waals surface area contributed by atoms with E-state index in [0.717, 1.165) is 11.3 Å². The Morgan fingerprint density at radius 3 is 2.16 bits per heavy atom. The van der Waals surface area contributed by atoms with Gasteiger partial charge in [-0.3, -0.25) is 4.79 Å². The third-order valence-electron chi connectivity index (χ3n) is 3.14. The van der Waals surface area contributed by atoms with Crippen molar-refractivity contribution in [1.82, 2.24) is 0 Å². The van der Waals surface area contributed by atoms with Crippen LogP contribution < -0.4 is 4.74 Å². The molecule has 0 aromatic heterocycles. The van der Waals surface area contributed by atoms with E-state index in [-0.39, 0.29) is 23.2 Å². The zero-order valence-corrected chi connectivity index (χ0v) is 13.3. The van der Waals surface area contributed by atoms with E-state index in [9.17, 15) is 4.79 Å². The Morgan fingerprint density at radius 1 is 1.11 bits per heavy atom. The van der Waals surface area contributed by atoms with E-state index < -0.39 is 0 Å². The summed E-state index contributed by atoms with van der Waals surface area (Å²) in [5.41, 5.74) is 2.01. The van der Waals surface area contributed by atoms with Crippen LogP contribution >= 0.6 is 0 Å². The van der Waals surface area contributed by atoms with Crippen LogP contribution in [0.2, 0.25) is 0 Å². The van der Waals surface area contributed by atoms with E-state index in [2.05, 4.69) is 33.8 Å². The Labute approximate surface area is 117 Å². The van der Waals surface area contributed by atoms with Gasteiger partial charge in [-0.05, 0) is 24.0 Å². The summed E-state index contributed by atoms with van der Waals surface area (Å²) in [7, 11) is 0. The van der Waals surface area contributed by atoms with Gasteiger partial charge in [0.2, 0.25) is 0 Å². The van der Waals surface area contributed by atoms with Gasteiger partial charge in [0.25, 0.3) is 0 Å². The van der Waals surface area contributed by atoms with Gasteiger partial charge in [-0.15, -0.1) is 0 Å². The van der Waals surface area contributed by atoms with Crippen LogP contribution in [0.4, 0.5) is 0 Å². The van der Waals surface area contributed by atoms with Gasteiger partial charge in [-0.1, -0.05) is 59.2 Å². The fraction of sp³-hybridized carbons (Fsp3) is 0.588. The van der Waals surface area contributed by atoms with Crippen LogP contribution in [-0.4, -0.2) is 12.4 Å². The molecule has 0 unspecified atom stereocenters. The van der Waals surface area contributed by atoms with Crippen molar-refractivity contribution < 1.29 is 9.53 Å². The van der Waals surface area contributed by atoms with Crippen molar-refractivity contribution in [2.45, 2.75) is 53.9 Å². The van der Waals surface area contributed by atoms with E-state index >= 15 is 0 Å². The van der Waals surface area contributed by atoms with E-state index in [1.807, 2.05) is 32.9 Å². The van der Waals surface area contributed by atoms with Gasteiger partial charge in [-0.25, -0.2) is 0 Å². The van der Waals surface area contributed by atoms with Gasteiger partial charge in [0, 0.05) is 5.41 Å². The number of carbonyl (C=O) groups excluding carboxylic acids is 1. The van der Waals surface area contributed by atoms with Crippen LogP contribution in [0.15, 0.2) is 18.2 Å². The molecule has 0 atom stereocenters. The Bertz CT molecular complexity index is 459. The maximum absolute atomic E-state index is 11.9. The van der Waals surface area contributed by atoms with Gasteiger partial charge in [0.05, 0.1) is 0 Å². The smallest absolute Gasteiger partial charge is 0.175 e.